The third-order valence-corrected chi connectivity index (χ3v) is 4.91. The summed E-state index contributed by atoms with van der Waals surface area (Å²) >= 11 is 3.21. The van der Waals surface area contributed by atoms with Gasteiger partial charge in [-0.3, -0.25) is 4.79 Å². The number of thiophene rings is 1. The summed E-state index contributed by atoms with van der Waals surface area (Å²) in [4.78, 5) is 21.0. The Hall–Kier alpha value is -1.79. The van der Waals surface area contributed by atoms with Crippen molar-refractivity contribution in [2.75, 3.05) is 12.0 Å². The van der Waals surface area contributed by atoms with Crippen LogP contribution in [0.2, 0.25) is 0 Å². The second-order valence-corrected chi connectivity index (χ2v) is 6.86. The zero-order valence-corrected chi connectivity index (χ0v) is 13.8. The normalized spacial score (nSPS) is 12.4. The van der Waals surface area contributed by atoms with E-state index in [4.69, 9.17) is 0 Å². The Morgan fingerprint density at radius 3 is 2.95 bits per heavy atom. The molecule has 4 nitrogen and oxygen atoms in total. The number of nitrogens with one attached hydrogen (secondary N) is 2. The molecule has 1 aromatic carbocycles. The molecule has 0 unspecified atom stereocenters. The van der Waals surface area contributed by atoms with E-state index >= 15 is 0 Å². The van der Waals surface area contributed by atoms with Crippen molar-refractivity contribution in [2.45, 2.75) is 12.5 Å². The van der Waals surface area contributed by atoms with Gasteiger partial charge in [0.2, 0.25) is 0 Å². The summed E-state index contributed by atoms with van der Waals surface area (Å²) < 4.78 is 0. The fraction of sp³-hybridized carbons (Fsp3) is 0.250. The molecule has 2 heterocycles. The Morgan fingerprint density at radius 2 is 2.23 bits per heavy atom. The van der Waals surface area contributed by atoms with Crippen LogP contribution in [0.3, 0.4) is 0 Å². The second kappa shape index (κ2) is 6.98. The van der Waals surface area contributed by atoms with Gasteiger partial charge in [0.05, 0.1) is 22.0 Å². The molecule has 1 atom stereocenters. The highest BCUT2D eigenvalue weighted by atomic mass is 32.2. The van der Waals surface area contributed by atoms with Gasteiger partial charge in [-0.15, -0.1) is 11.3 Å². The molecule has 0 aliphatic carbocycles. The first-order valence-corrected chi connectivity index (χ1v) is 9.33. The summed E-state index contributed by atoms with van der Waals surface area (Å²) in [7, 11) is 0. The summed E-state index contributed by atoms with van der Waals surface area (Å²) in [6, 6.07) is 11.5. The monoisotopic (exact) mass is 331 g/mol. The topological polar surface area (TPSA) is 57.8 Å². The SMILES string of the molecule is CSCC[C@H](NC(=O)c1cccs1)c1nc2ccccc2[nH]1. The number of carbonyl (C=O) groups excluding carboxylic acids is 1. The highest BCUT2D eigenvalue weighted by Crippen LogP contribution is 2.21. The molecule has 2 N–H and O–H groups in total. The number of carbonyl (C=O) groups is 1. The zero-order chi connectivity index (χ0) is 15.4. The molecule has 0 radical (unpaired) electrons. The van der Waals surface area contributed by atoms with E-state index in [2.05, 4.69) is 21.5 Å². The first kappa shape index (κ1) is 15.1. The fourth-order valence-corrected chi connectivity index (χ4v) is 3.39. The van der Waals surface area contributed by atoms with Crippen molar-refractivity contribution < 1.29 is 4.79 Å². The number of rotatable bonds is 6. The van der Waals surface area contributed by atoms with Crippen LogP contribution in [-0.4, -0.2) is 27.9 Å². The van der Waals surface area contributed by atoms with Crippen LogP contribution in [0.25, 0.3) is 11.0 Å². The number of para-hydroxylation sites is 2. The van der Waals surface area contributed by atoms with Gasteiger partial charge in [0, 0.05) is 0 Å². The minimum atomic E-state index is -0.102. The Morgan fingerprint density at radius 1 is 1.36 bits per heavy atom. The molecule has 2 aromatic heterocycles. The van der Waals surface area contributed by atoms with Crippen molar-refractivity contribution in [3.05, 3.63) is 52.5 Å². The third-order valence-electron chi connectivity index (χ3n) is 3.40. The predicted octanol–water partition coefficient (Wildman–Crippen LogP) is 3.85. The molecular weight excluding hydrogens is 314 g/mol. The number of aromatic nitrogens is 2. The lowest BCUT2D eigenvalue weighted by Gasteiger charge is -2.15. The number of amides is 1. The molecule has 0 bridgehead atoms. The molecule has 0 spiro atoms. The number of thioether (sulfide) groups is 1. The number of hydrogen-bond acceptors (Lipinski definition) is 4. The minimum Gasteiger partial charge on any atom is -0.341 e. The number of imidazole rings is 1. The summed E-state index contributed by atoms with van der Waals surface area (Å²) in [6.07, 6.45) is 2.91. The molecule has 0 saturated carbocycles. The maximum absolute atomic E-state index is 12.3. The smallest absolute Gasteiger partial charge is 0.261 e. The quantitative estimate of drug-likeness (QED) is 0.721. The maximum atomic E-state index is 12.3. The number of aromatic amines is 1. The molecule has 114 valence electrons. The van der Waals surface area contributed by atoms with E-state index in [1.807, 2.05) is 41.8 Å². The van der Waals surface area contributed by atoms with Crippen LogP contribution in [0.5, 0.6) is 0 Å². The first-order valence-electron chi connectivity index (χ1n) is 7.06. The van der Waals surface area contributed by atoms with Crippen LogP contribution < -0.4 is 5.32 Å². The highest BCUT2D eigenvalue weighted by molar-refractivity contribution is 7.98. The number of benzene rings is 1. The Kier molecular flexibility index (Phi) is 4.80. The Balaban J connectivity index is 1.83. The molecule has 0 saturated heterocycles. The molecule has 0 aliphatic heterocycles. The third kappa shape index (κ3) is 3.34. The molecule has 0 aliphatic rings. The van der Waals surface area contributed by atoms with Gasteiger partial charge in [0.1, 0.15) is 5.82 Å². The lowest BCUT2D eigenvalue weighted by molar-refractivity contribution is 0.0938. The van der Waals surface area contributed by atoms with Crippen LogP contribution >= 0.6 is 23.1 Å². The first-order chi connectivity index (χ1) is 10.8. The van der Waals surface area contributed by atoms with Crippen molar-refractivity contribution in [1.82, 2.24) is 15.3 Å². The van der Waals surface area contributed by atoms with E-state index in [0.717, 1.165) is 33.9 Å². The highest BCUT2D eigenvalue weighted by Gasteiger charge is 2.19. The molecule has 22 heavy (non-hydrogen) atoms. The van der Waals surface area contributed by atoms with E-state index in [9.17, 15) is 4.79 Å². The second-order valence-electron chi connectivity index (χ2n) is 4.92. The van der Waals surface area contributed by atoms with Gasteiger partial charge < -0.3 is 10.3 Å². The van der Waals surface area contributed by atoms with Gasteiger partial charge in [-0.2, -0.15) is 11.8 Å². The molecule has 3 aromatic rings. The summed E-state index contributed by atoms with van der Waals surface area (Å²) in [5.41, 5.74) is 1.93. The predicted molar refractivity (Wildman–Crippen MR) is 93.6 cm³/mol. The van der Waals surface area contributed by atoms with Crippen LogP contribution in [0.15, 0.2) is 41.8 Å². The lowest BCUT2D eigenvalue weighted by atomic mass is 10.2. The van der Waals surface area contributed by atoms with Gasteiger partial charge in [-0.05, 0) is 42.0 Å². The molecule has 3 rings (SSSR count). The van der Waals surface area contributed by atoms with Crippen LogP contribution in [-0.2, 0) is 0 Å². The van der Waals surface area contributed by atoms with E-state index in [-0.39, 0.29) is 11.9 Å². The minimum absolute atomic E-state index is 0.0402. The lowest BCUT2D eigenvalue weighted by Crippen LogP contribution is -2.29. The summed E-state index contributed by atoms with van der Waals surface area (Å²) in [6.45, 7) is 0. The van der Waals surface area contributed by atoms with Gasteiger partial charge in [0.25, 0.3) is 5.91 Å². The van der Waals surface area contributed by atoms with Crippen molar-refractivity contribution in [3.63, 3.8) is 0 Å². The largest absolute Gasteiger partial charge is 0.341 e. The summed E-state index contributed by atoms with van der Waals surface area (Å²) in [5.74, 6) is 1.74. The Bertz CT molecular complexity index is 719. The molecule has 1 amide bonds. The molecular formula is C16H17N3OS2. The average molecular weight is 331 g/mol. The number of fused-ring (bicyclic) bond motifs is 1. The van der Waals surface area contributed by atoms with Crippen molar-refractivity contribution in [3.8, 4) is 0 Å². The van der Waals surface area contributed by atoms with Crippen LogP contribution in [0, 0.1) is 0 Å². The number of nitrogens with zero attached hydrogens (tertiary/aromatic N) is 1. The van der Waals surface area contributed by atoms with E-state index in [1.54, 1.807) is 11.8 Å². The van der Waals surface area contributed by atoms with Crippen LogP contribution in [0.1, 0.15) is 28.0 Å². The van der Waals surface area contributed by atoms with Crippen molar-refractivity contribution >= 4 is 40.0 Å². The zero-order valence-electron chi connectivity index (χ0n) is 12.2. The fourth-order valence-electron chi connectivity index (χ4n) is 2.29. The maximum Gasteiger partial charge on any atom is 0.261 e. The van der Waals surface area contributed by atoms with Crippen molar-refractivity contribution in [2.24, 2.45) is 0 Å². The summed E-state index contributed by atoms with van der Waals surface area (Å²) in [5, 5.41) is 5.01. The number of hydrogen-bond donors (Lipinski definition) is 2. The average Bonchev–Trinajstić information content (AvgIpc) is 3.19. The van der Waals surface area contributed by atoms with Crippen LogP contribution in [0.4, 0.5) is 0 Å². The standard InChI is InChI=1S/C16H17N3OS2/c1-21-10-8-13(19-16(20)14-7-4-9-22-14)15-17-11-5-2-3-6-12(11)18-15/h2-7,9,13H,8,10H2,1H3,(H,17,18)(H,19,20)/t13-/m0/s1. The van der Waals surface area contributed by atoms with E-state index in [0.29, 0.717) is 0 Å². The van der Waals surface area contributed by atoms with Gasteiger partial charge in [-0.1, -0.05) is 18.2 Å². The van der Waals surface area contributed by atoms with E-state index in [1.165, 1.54) is 11.3 Å². The van der Waals surface area contributed by atoms with Gasteiger partial charge in [-0.25, -0.2) is 4.98 Å². The van der Waals surface area contributed by atoms with Crippen molar-refractivity contribution in [1.29, 1.82) is 0 Å². The number of H-pyrrole nitrogens is 1. The van der Waals surface area contributed by atoms with Gasteiger partial charge >= 0.3 is 0 Å². The molecule has 0 fully saturated rings. The van der Waals surface area contributed by atoms with Gasteiger partial charge in [0.15, 0.2) is 0 Å². The van der Waals surface area contributed by atoms with E-state index < -0.39 is 0 Å². The molecule has 6 heteroatoms. The Labute approximate surface area is 137 Å².